The van der Waals surface area contributed by atoms with Crippen molar-refractivity contribution in [3.63, 3.8) is 0 Å². The Balaban J connectivity index is 1.85. The third-order valence-electron chi connectivity index (χ3n) is 4.10. The lowest BCUT2D eigenvalue weighted by Crippen LogP contribution is -2.07. The maximum atomic E-state index is 13.9. The molecule has 130 valence electrons. The lowest BCUT2D eigenvalue weighted by molar-refractivity contribution is 0.255. The van der Waals surface area contributed by atoms with E-state index in [0.717, 1.165) is 18.4 Å². The first-order valence-corrected chi connectivity index (χ1v) is 8.01. The molecule has 4 rings (SSSR count). The van der Waals surface area contributed by atoms with Crippen molar-refractivity contribution < 1.29 is 19.0 Å². The van der Waals surface area contributed by atoms with Crippen LogP contribution in [0.1, 0.15) is 18.4 Å². The van der Waals surface area contributed by atoms with E-state index in [1.54, 1.807) is 22.8 Å². The Bertz CT molecular complexity index is 941. The number of aromatic hydroxyl groups is 1. The first-order valence-electron chi connectivity index (χ1n) is 8.01. The molecule has 7 nitrogen and oxygen atoms in total. The van der Waals surface area contributed by atoms with E-state index in [9.17, 15) is 9.50 Å². The van der Waals surface area contributed by atoms with E-state index in [2.05, 4.69) is 9.97 Å². The van der Waals surface area contributed by atoms with Gasteiger partial charge in [0.15, 0.2) is 17.4 Å². The Morgan fingerprint density at radius 2 is 1.92 bits per heavy atom. The number of nitrogens with zero attached hydrogens (tertiary/aromatic N) is 3. The van der Waals surface area contributed by atoms with Gasteiger partial charge in [0, 0.05) is 6.07 Å². The highest BCUT2D eigenvalue weighted by Crippen LogP contribution is 2.29. The molecule has 0 atom stereocenters. The SMILES string of the molecule is Nc1nc2cc3c1nc(O)n3Cc1ccc(F)c(c1)OCCCCO2. The van der Waals surface area contributed by atoms with E-state index >= 15 is 0 Å². The minimum absolute atomic E-state index is 0.191. The average molecular weight is 344 g/mol. The minimum Gasteiger partial charge on any atom is -0.491 e. The summed E-state index contributed by atoms with van der Waals surface area (Å²) in [5.41, 5.74) is 7.71. The van der Waals surface area contributed by atoms with E-state index < -0.39 is 5.82 Å². The Morgan fingerprint density at radius 1 is 1.12 bits per heavy atom. The highest BCUT2D eigenvalue weighted by atomic mass is 19.1. The van der Waals surface area contributed by atoms with Gasteiger partial charge >= 0.3 is 0 Å². The minimum atomic E-state index is -0.414. The van der Waals surface area contributed by atoms with Gasteiger partial charge in [0.1, 0.15) is 5.52 Å². The van der Waals surface area contributed by atoms with E-state index in [1.807, 2.05) is 0 Å². The maximum Gasteiger partial charge on any atom is 0.295 e. The second-order valence-corrected chi connectivity index (χ2v) is 5.88. The number of nitrogen functional groups attached to an aromatic ring is 1. The molecular weight excluding hydrogens is 327 g/mol. The Kier molecular flexibility index (Phi) is 3.79. The molecule has 0 fully saturated rings. The number of imidazole rings is 1. The van der Waals surface area contributed by atoms with Gasteiger partial charge in [0.05, 0.1) is 25.3 Å². The van der Waals surface area contributed by atoms with Crippen LogP contribution in [0.25, 0.3) is 11.0 Å². The number of rotatable bonds is 0. The molecule has 1 aromatic carbocycles. The number of benzene rings is 1. The van der Waals surface area contributed by atoms with Crippen molar-refractivity contribution in [2.75, 3.05) is 18.9 Å². The van der Waals surface area contributed by atoms with Crippen LogP contribution in [-0.2, 0) is 6.54 Å². The number of nitrogens with two attached hydrogens (primary N) is 1. The van der Waals surface area contributed by atoms with E-state index in [1.165, 1.54) is 6.07 Å². The fourth-order valence-corrected chi connectivity index (χ4v) is 2.84. The zero-order valence-corrected chi connectivity index (χ0v) is 13.4. The van der Waals surface area contributed by atoms with Gasteiger partial charge in [-0.3, -0.25) is 4.57 Å². The monoisotopic (exact) mass is 344 g/mol. The number of pyridine rings is 1. The van der Waals surface area contributed by atoms with Crippen LogP contribution in [0.3, 0.4) is 0 Å². The Morgan fingerprint density at radius 3 is 2.76 bits per heavy atom. The fraction of sp³-hybridized carbons (Fsp3) is 0.294. The maximum absolute atomic E-state index is 13.9. The fourth-order valence-electron chi connectivity index (χ4n) is 2.84. The van der Waals surface area contributed by atoms with E-state index in [4.69, 9.17) is 15.2 Å². The Labute approximate surface area is 142 Å². The first kappa shape index (κ1) is 15.5. The molecule has 8 heteroatoms. The van der Waals surface area contributed by atoms with Gasteiger partial charge in [-0.25, -0.2) is 4.39 Å². The van der Waals surface area contributed by atoms with Crippen molar-refractivity contribution in [1.82, 2.24) is 14.5 Å². The van der Waals surface area contributed by atoms with Crippen molar-refractivity contribution in [3.8, 4) is 17.6 Å². The molecule has 3 N–H and O–H groups in total. The normalized spacial score (nSPS) is 14.8. The zero-order valence-electron chi connectivity index (χ0n) is 13.4. The summed E-state index contributed by atoms with van der Waals surface area (Å²) in [5.74, 6) is 0.351. The molecule has 25 heavy (non-hydrogen) atoms. The van der Waals surface area contributed by atoms with E-state index in [0.29, 0.717) is 30.1 Å². The number of hydrogen-bond donors (Lipinski definition) is 2. The summed E-state index contributed by atoms with van der Waals surface area (Å²) in [6, 6.07) is 6.14. The number of anilines is 1. The molecule has 0 spiro atoms. The number of aromatic nitrogens is 3. The van der Waals surface area contributed by atoms with Gasteiger partial charge in [-0.1, -0.05) is 6.07 Å². The standard InChI is InChI=1S/C17H17FN4O3/c18-11-4-3-10-7-13(11)24-5-1-2-6-25-14-8-12-15(16(19)20-14)21-17(23)22(12)9-10/h3-4,7-8H,1-2,5-6,9H2,(H2,19,20)(H,21,23). The lowest BCUT2D eigenvalue weighted by atomic mass is 10.2. The molecule has 0 saturated carbocycles. The summed E-state index contributed by atoms with van der Waals surface area (Å²) < 4.78 is 26.6. The molecule has 3 heterocycles. The topological polar surface area (TPSA) is 95.4 Å². The highest BCUT2D eigenvalue weighted by Gasteiger charge is 2.17. The molecule has 0 amide bonds. The summed E-state index contributed by atoms with van der Waals surface area (Å²) in [7, 11) is 0. The number of ether oxygens (including phenoxy) is 2. The van der Waals surface area contributed by atoms with Gasteiger partial charge in [0.2, 0.25) is 5.88 Å². The quantitative estimate of drug-likeness (QED) is 0.650. The van der Waals surface area contributed by atoms with Crippen molar-refractivity contribution in [2.45, 2.75) is 19.4 Å². The molecule has 1 aliphatic heterocycles. The molecule has 1 aliphatic rings. The van der Waals surface area contributed by atoms with Crippen LogP contribution in [0.4, 0.5) is 10.2 Å². The Hall–Kier alpha value is -3.03. The summed E-state index contributed by atoms with van der Waals surface area (Å²) in [6.07, 6.45) is 1.45. The largest absolute Gasteiger partial charge is 0.491 e. The molecule has 4 bridgehead atoms. The van der Waals surface area contributed by atoms with Crippen LogP contribution in [0.15, 0.2) is 24.3 Å². The van der Waals surface area contributed by atoms with Gasteiger partial charge in [0.25, 0.3) is 6.01 Å². The van der Waals surface area contributed by atoms with E-state index in [-0.39, 0.29) is 24.1 Å². The van der Waals surface area contributed by atoms with Gasteiger partial charge in [-0.2, -0.15) is 9.97 Å². The first-order chi connectivity index (χ1) is 12.1. The molecule has 0 aliphatic carbocycles. The summed E-state index contributed by atoms with van der Waals surface area (Å²) in [4.78, 5) is 8.24. The van der Waals surface area contributed by atoms with Crippen molar-refractivity contribution >= 4 is 16.9 Å². The number of hydrogen-bond acceptors (Lipinski definition) is 6. The average Bonchev–Trinajstić information content (AvgIpc) is 2.90. The molecule has 0 unspecified atom stereocenters. The third-order valence-corrected chi connectivity index (χ3v) is 4.10. The van der Waals surface area contributed by atoms with Crippen molar-refractivity contribution in [1.29, 1.82) is 0 Å². The van der Waals surface area contributed by atoms with Gasteiger partial charge in [-0.15, -0.1) is 0 Å². The second-order valence-electron chi connectivity index (χ2n) is 5.88. The van der Waals surface area contributed by atoms with Crippen molar-refractivity contribution in [3.05, 3.63) is 35.6 Å². The molecule has 0 radical (unpaired) electrons. The molecule has 0 saturated heterocycles. The summed E-state index contributed by atoms with van der Waals surface area (Å²) >= 11 is 0. The predicted octanol–water partition coefficient (Wildman–Crippen LogP) is 2.46. The van der Waals surface area contributed by atoms with Crippen LogP contribution in [-0.4, -0.2) is 32.9 Å². The molecule has 2 aromatic heterocycles. The van der Waals surface area contributed by atoms with Crippen molar-refractivity contribution in [2.24, 2.45) is 0 Å². The molecular formula is C17H17FN4O3. The van der Waals surface area contributed by atoms with Crippen LogP contribution in [0.5, 0.6) is 17.6 Å². The second kappa shape index (κ2) is 6.12. The number of fused-ring (bicyclic) bond motifs is 3. The van der Waals surface area contributed by atoms with Gasteiger partial charge in [-0.05, 0) is 30.5 Å². The third kappa shape index (κ3) is 2.90. The van der Waals surface area contributed by atoms with Crippen LogP contribution in [0, 0.1) is 5.82 Å². The van der Waals surface area contributed by atoms with Crippen LogP contribution < -0.4 is 15.2 Å². The van der Waals surface area contributed by atoms with Crippen LogP contribution >= 0.6 is 0 Å². The van der Waals surface area contributed by atoms with Crippen LogP contribution in [0.2, 0.25) is 0 Å². The van der Waals surface area contributed by atoms with Gasteiger partial charge < -0.3 is 20.3 Å². The zero-order chi connectivity index (χ0) is 17.4. The lowest BCUT2D eigenvalue weighted by Gasteiger charge is -2.13. The number of halogens is 1. The molecule has 3 aromatic rings. The summed E-state index contributed by atoms with van der Waals surface area (Å²) in [5, 5.41) is 10.2. The smallest absolute Gasteiger partial charge is 0.295 e. The predicted molar refractivity (Wildman–Crippen MR) is 89.3 cm³/mol. The summed E-state index contributed by atoms with van der Waals surface area (Å²) in [6.45, 7) is 1.10. The highest BCUT2D eigenvalue weighted by molar-refractivity contribution is 5.87.